The quantitative estimate of drug-likeness (QED) is 0.191. The molecule has 2 heterocycles. The highest BCUT2D eigenvalue weighted by Crippen LogP contribution is 2.40. The van der Waals surface area contributed by atoms with Crippen LogP contribution >= 0.6 is 0 Å². The van der Waals surface area contributed by atoms with Crippen molar-refractivity contribution in [2.45, 2.75) is 76.5 Å². The molecule has 3 atom stereocenters. The number of fused-ring (bicyclic) bond motifs is 1. The van der Waals surface area contributed by atoms with E-state index in [1.165, 1.54) is 0 Å². The highest BCUT2D eigenvalue weighted by atomic mass is 16.2. The summed E-state index contributed by atoms with van der Waals surface area (Å²) in [6.45, 7) is 8.08. The number of amides is 3. The minimum atomic E-state index is -1.49. The van der Waals surface area contributed by atoms with E-state index < -0.39 is 29.3 Å². The third-order valence-corrected chi connectivity index (χ3v) is 8.84. The van der Waals surface area contributed by atoms with Crippen molar-refractivity contribution < 1.29 is 14.4 Å². The van der Waals surface area contributed by atoms with E-state index in [2.05, 4.69) is 54.0 Å². The van der Waals surface area contributed by atoms with E-state index in [1.54, 1.807) is 6.20 Å². The van der Waals surface area contributed by atoms with Crippen LogP contribution in [0.15, 0.2) is 91.1 Å². The Morgan fingerprint density at radius 3 is 2.22 bits per heavy atom. The maximum absolute atomic E-state index is 14.3. The van der Waals surface area contributed by atoms with Crippen LogP contribution in [-0.2, 0) is 33.5 Å². The van der Waals surface area contributed by atoms with Crippen molar-refractivity contribution in [3.05, 3.63) is 119 Å². The van der Waals surface area contributed by atoms with Gasteiger partial charge < -0.3 is 21.7 Å². The largest absolute Gasteiger partial charge is 0.368 e. The normalized spacial score (nSPS) is 17.2. The van der Waals surface area contributed by atoms with Gasteiger partial charge in [0.15, 0.2) is 0 Å². The fourth-order valence-electron chi connectivity index (χ4n) is 6.15. The molecule has 4 aromatic rings. The lowest BCUT2D eigenvalue weighted by Gasteiger charge is -2.38. The topological polar surface area (TPSA) is 131 Å². The average Bonchev–Trinajstić information content (AvgIpc) is 3.49. The number of aromatic nitrogens is 2. The summed E-state index contributed by atoms with van der Waals surface area (Å²) in [7, 11) is 0. The molecule has 0 spiro atoms. The van der Waals surface area contributed by atoms with E-state index in [9.17, 15) is 14.4 Å². The van der Waals surface area contributed by atoms with Crippen molar-refractivity contribution >= 4 is 23.5 Å². The third-order valence-electron chi connectivity index (χ3n) is 8.84. The summed E-state index contributed by atoms with van der Waals surface area (Å²) in [4.78, 5) is 41.1. The van der Waals surface area contributed by atoms with Gasteiger partial charge in [-0.25, -0.2) is 4.68 Å². The van der Waals surface area contributed by atoms with Crippen molar-refractivity contribution in [3.63, 3.8) is 0 Å². The number of hydrogen-bond acceptors (Lipinski definition) is 5. The van der Waals surface area contributed by atoms with E-state index >= 15 is 0 Å². The molecule has 3 amide bonds. The summed E-state index contributed by atoms with van der Waals surface area (Å²) in [6.07, 6.45) is 3.59. The molecule has 5 rings (SSSR count). The summed E-state index contributed by atoms with van der Waals surface area (Å²) in [6, 6.07) is 26.1. The lowest BCUT2D eigenvalue weighted by atomic mass is 9.84. The minimum Gasteiger partial charge on any atom is -0.368 e. The average molecular weight is 607 g/mol. The molecular weight excluding hydrogens is 564 g/mol. The molecule has 1 aliphatic rings. The number of primary amides is 1. The highest BCUT2D eigenvalue weighted by molar-refractivity contribution is 6.03. The maximum atomic E-state index is 14.3. The zero-order chi connectivity index (χ0) is 32.2. The van der Waals surface area contributed by atoms with Gasteiger partial charge in [-0.1, -0.05) is 98.8 Å². The molecule has 45 heavy (non-hydrogen) atoms. The van der Waals surface area contributed by atoms with Crippen LogP contribution in [0.4, 0.5) is 5.82 Å². The number of rotatable bonds is 11. The van der Waals surface area contributed by atoms with Crippen LogP contribution in [0.5, 0.6) is 0 Å². The van der Waals surface area contributed by atoms with Crippen molar-refractivity contribution in [1.29, 1.82) is 0 Å². The zero-order valence-electron chi connectivity index (χ0n) is 26.3. The molecule has 1 aromatic heterocycles. The van der Waals surface area contributed by atoms with Gasteiger partial charge in [0.05, 0.1) is 17.8 Å². The van der Waals surface area contributed by atoms with Crippen LogP contribution in [0.3, 0.4) is 0 Å². The fourth-order valence-corrected chi connectivity index (χ4v) is 6.15. The number of carbonyl (C=O) groups excluding carboxylic acids is 3. The Bertz CT molecular complexity index is 1650. The van der Waals surface area contributed by atoms with Crippen LogP contribution < -0.4 is 21.7 Å². The van der Waals surface area contributed by atoms with Crippen LogP contribution in [0, 0.1) is 0 Å². The monoisotopic (exact) mass is 606 g/mol. The van der Waals surface area contributed by atoms with Crippen molar-refractivity contribution in [2.75, 3.05) is 5.32 Å². The second kappa shape index (κ2) is 13.0. The Morgan fingerprint density at radius 1 is 0.978 bits per heavy atom. The predicted octanol–water partition coefficient (Wildman–Crippen LogP) is 4.99. The van der Waals surface area contributed by atoms with Gasteiger partial charge in [-0.15, -0.1) is 0 Å². The van der Waals surface area contributed by atoms with Crippen molar-refractivity contribution in [2.24, 2.45) is 5.73 Å². The molecule has 1 aliphatic heterocycles. The highest BCUT2D eigenvalue weighted by Gasteiger charge is 2.43. The molecule has 9 heteroatoms. The number of anilines is 1. The minimum absolute atomic E-state index is 0.0351. The zero-order valence-corrected chi connectivity index (χ0v) is 26.3. The SMILES string of the molecule is CCc1ccc(C(CC)(NC(=O)c2cnn3c2N[C@@H](c2ccccc2)CC3(C)C)C(=O)N[C@@H](Cc2ccccc2)C(N)=O)cc1. The Morgan fingerprint density at radius 2 is 1.62 bits per heavy atom. The first-order chi connectivity index (χ1) is 21.6. The fraction of sp³-hybridized carbons (Fsp3) is 0.333. The summed E-state index contributed by atoms with van der Waals surface area (Å²) in [5.41, 5.74) is 7.90. The maximum Gasteiger partial charge on any atom is 0.257 e. The third kappa shape index (κ3) is 6.48. The van der Waals surface area contributed by atoms with Crippen molar-refractivity contribution in [3.8, 4) is 0 Å². The first kappa shape index (κ1) is 31.5. The molecule has 234 valence electrons. The summed E-state index contributed by atoms with van der Waals surface area (Å²) >= 11 is 0. The first-order valence-corrected chi connectivity index (χ1v) is 15.5. The lowest BCUT2D eigenvalue weighted by Crippen LogP contribution is -2.59. The van der Waals surface area contributed by atoms with E-state index in [0.717, 1.165) is 29.5 Å². The summed E-state index contributed by atoms with van der Waals surface area (Å²) in [5.74, 6) is -1.04. The number of aryl methyl sites for hydroxylation is 1. The molecule has 0 saturated heterocycles. The molecule has 0 bridgehead atoms. The first-order valence-electron chi connectivity index (χ1n) is 15.5. The molecule has 0 saturated carbocycles. The number of nitrogens with two attached hydrogens (primary N) is 1. The van der Waals surface area contributed by atoms with E-state index in [-0.39, 0.29) is 24.4 Å². The van der Waals surface area contributed by atoms with E-state index in [0.29, 0.717) is 16.9 Å². The molecule has 0 radical (unpaired) electrons. The molecule has 9 nitrogen and oxygen atoms in total. The van der Waals surface area contributed by atoms with Gasteiger partial charge in [-0.05, 0) is 55.4 Å². The molecular formula is C36H42N6O3. The van der Waals surface area contributed by atoms with Gasteiger partial charge in [0.25, 0.3) is 11.8 Å². The number of hydrogen-bond donors (Lipinski definition) is 4. The van der Waals surface area contributed by atoms with Gasteiger partial charge in [0, 0.05) is 6.42 Å². The number of carbonyl (C=O) groups is 3. The standard InChI is InChI=1S/C36H42N6O3/c1-5-24-17-19-27(20-18-24)36(6-2,34(45)40-29(31(37)43)21-25-13-9-7-10-14-25)41-33(44)28-23-38-42-32(28)39-30(22-35(42,3)4)26-15-11-8-12-16-26/h7-20,23,29-30,39H,5-6,21-22H2,1-4H3,(H2,37,43)(H,40,45)(H,41,44)/t29-,30+,36?/m0/s1. The second-order valence-electron chi connectivity index (χ2n) is 12.3. The lowest BCUT2D eigenvalue weighted by molar-refractivity contribution is -0.132. The van der Waals surface area contributed by atoms with Crippen LogP contribution in [0.25, 0.3) is 0 Å². The summed E-state index contributed by atoms with van der Waals surface area (Å²) in [5, 5.41) is 14.1. The molecule has 0 aliphatic carbocycles. The van der Waals surface area contributed by atoms with Gasteiger partial charge in [-0.3, -0.25) is 14.4 Å². The number of benzene rings is 3. The Balaban J connectivity index is 1.50. The number of nitrogens with one attached hydrogen (secondary N) is 3. The smallest absolute Gasteiger partial charge is 0.257 e. The van der Waals surface area contributed by atoms with Crippen LogP contribution in [-0.4, -0.2) is 33.5 Å². The molecule has 0 fully saturated rings. The Kier molecular flexibility index (Phi) is 9.09. The molecule has 3 aromatic carbocycles. The predicted molar refractivity (Wildman–Crippen MR) is 175 cm³/mol. The van der Waals surface area contributed by atoms with E-state index in [4.69, 9.17) is 5.73 Å². The molecule has 1 unspecified atom stereocenters. The van der Waals surface area contributed by atoms with E-state index in [1.807, 2.05) is 84.4 Å². The van der Waals surface area contributed by atoms with Gasteiger partial charge in [0.2, 0.25) is 5.91 Å². The van der Waals surface area contributed by atoms with Gasteiger partial charge >= 0.3 is 0 Å². The van der Waals surface area contributed by atoms with Gasteiger partial charge in [-0.2, -0.15) is 5.10 Å². The van der Waals surface area contributed by atoms with Crippen molar-refractivity contribution in [1.82, 2.24) is 20.4 Å². The summed E-state index contributed by atoms with van der Waals surface area (Å²) < 4.78 is 1.84. The van der Waals surface area contributed by atoms with Gasteiger partial charge in [0.1, 0.15) is 23.0 Å². The Hall–Kier alpha value is -4.92. The van der Waals surface area contributed by atoms with Crippen LogP contribution in [0.2, 0.25) is 0 Å². The number of nitrogens with zero attached hydrogens (tertiary/aromatic N) is 2. The second-order valence-corrected chi connectivity index (χ2v) is 12.3. The Labute approximate surface area is 264 Å². The molecule has 5 N–H and O–H groups in total. The van der Waals surface area contributed by atoms with Crippen LogP contribution in [0.1, 0.15) is 79.2 Å².